The predicted octanol–water partition coefficient (Wildman–Crippen LogP) is 1.61. The van der Waals surface area contributed by atoms with E-state index in [9.17, 15) is 9.59 Å². The summed E-state index contributed by atoms with van der Waals surface area (Å²) >= 11 is 0. The van der Waals surface area contributed by atoms with Gasteiger partial charge in [0.1, 0.15) is 0 Å². The summed E-state index contributed by atoms with van der Waals surface area (Å²) in [7, 11) is 0. The second kappa shape index (κ2) is 10.0. The quantitative estimate of drug-likeness (QED) is 0.751. The Balaban J connectivity index is 0.00000400. The highest BCUT2D eigenvalue weighted by Crippen LogP contribution is 2.13. The van der Waals surface area contributed by atoms with Crippen LogP contribution in [0.2, 0.25) is 0 Å². The maximum atomic E-state index is 12.1. The summed E-state index contributed by atoms with van der Waals surface area (Å²) < 4.78 is 0. The molecule has 0 aliphatic carbocycles. The van der Waals surface area contributed by atoms with Gasteiger partial charge in [0.15, 0.2) is 0 Å². The van der Waals surface area contributed by atoms with Crippen molar-refractivity contribution in [3.8, 4) is 0 Å². The molecule has 0 aromatic heterocycles. The Labute approximate surface area is 132 Å². The number of likely N-dealkylation sites (N-methyl/N-ethyl adjacent to an activating group) is 2. The molecule has 3 N–H and O–H groups in total. The van der Waals surface area contributed by atoms with Gasteiger partial charge in [0, 0.05) is 25.2 Å². The van der Waals surface area contributed by atoms with Crippen LogP contribution in [0.3, 0.4) is 0 Å². The van der Waals surface area contributed by atoms with E-state index in [0.29, 0.717) is 31.6 Å². The molecule has 0 spiro atoms. The molecule has 0 bridgehead atoms. The third-order valence-corrected chi connectivity index (χ3v) is 3.11. The first-order valence-corrected chi connectivity index (χ1v) is 6.96. The Morgan fingerprint density at radius 2 is 1.90 bits per heavy atom. The van der Waals surface area contributed by atoms with Gasteiger partial charge < -0.3 is 16.0 Å². The van der Waals surface area contributed by atoms with Crippen LogP contribution in [0.4, 0.5) is 5.69 Å². The van der Waals surface area contributed by atoms with Crippen LogP contribution in [0.25, 0.3) is 0 Å². The lowest BCUT2D eigenvalue weighted by Crippen LogP contribution is -2.40. The van der Waals surface area contributed by atoms with Crippen LogP contribution in [0.5, 0.6) is 0 Å². The summed E-state index contributed by atoms with van der Waals surface area (Å²) in [5.74, 6) is -0.149. The van der Waals surface area contributed by atoms with Gasteiger partial charge in [-0.25, -0.2) is 0 Å². The SMILES string of the molecule is CCNC(=O)CN(CC)C(=O)CCc1ccccc1N.Cl. The molecular formula is C15H24ClN3O2. The highest BCUT2D eigenvalue weighted by Gasteiger charge is 2.15. The molecule has 1 aromatic rings. The van der Waals surface area contributed by atoms with Crippen LogP contribution in [0.1, 0.15) is 25.8 Å². The van der Waals surface area contributed by atoms with Crippen LogP contribution in [-0.2, 0) is 16.0 Å². The second-order valence-corrected chi connectivity index (χ2v) is 4.56. The number of nitrogens with one attached hydrogen (secondary N) is 1. The number of carbonyl (C=O) groups is 2. The van der Waals surface area contributed by atoms with Crippen molar-refractivity contribution in [2.45, 2.75) is 26.7 Å². The van der Waals surface area contributed by atoms with E-state index in [4.69, 9.17) is 5.73 Å². The van der Waals surface area contributed by atoms with Crippen molar-refractivity contribution in [2.75, 3.05) is 25.4 Å². The minimum atomic E-state index is -0.123. The molecule has 0 aliphatic rings. The zero-order chi connectivity index (χ0) is 15.0. The highest BCUT2D eigenvalue weighted by atomic mass is 35.5. The van der Waals surface area contributed by atoms with Gasteiger partial charge in [-0.2, -0.15) is 0 Å². The topological polar surface area (TPSA) is 75.4 Å². The van der Waals surface area contributed by atoms with Gasteiger partial charge in [-0.05, 0) is 31.9 Å². The standard InChI is InChI=1S/C15H23N3O2.ClH/c1-3-17-14(19)11-18(4-2)15(20)10-9-12-7-5-6-8-13(12)16;/h5-8H,3-4,9-11,16H2,1-2H3,(H,17,19);1H. The molecule has 5 nitrogen and oxygen atoms in total. The fraction of sp³-hybridized carbons (Fsp3) is 0.467. The maximum Gasteiger partial charge on any atom is 0.239 e. The number of nitrogen functional groups attached to an aromatic ring is 1. The normalized spacial score (nSPS) is 9.62. The van der Waals surface area contributed by atoms with Gasteiger partial charge in [0.05, 0.1) is 6.54 Å². The summed E-state index contributed by atoms with van der Waals surface area (Å²) in [6, 6.07) is 7.52. The molecule has 0 heterocycles. The van der Waals surface area contributed by atoms with E-state index in [1.165, 1.54) is 0 Å². The zero-order valence-electron chi connectivity index (χ0n) is 12.6. The number of rotatable bonds is 7. The zero-order valence-corrected chi connectivity index (χ0v) is 13.4. The number of carbonyl (C=O) groups excluding carboxylic acids is 2. The Bertz CT molecular complexity index is 466. The smallest absolute Gasteiger partial charge is 0.239 e. The van der Waals surface area contributed by atoms with Crippen molar-refractivity contribution in [3.63, 3.8) is 0 Å². The lowest BCUT2D eigenvalue weighted by molar-refractivity contribution is -0.135. The highest BCUT2D eigenvalue weighted by molar-refractivity contribution is 5.85. The van der Waals surface area contributed by atoms with E-state index in [2.05, 4.69) is 5.32 Å². The van der Waals surface area contributed by atoms with Gasteiger partial charge in [-0.3, -0.25) is 9.59 Å². The third-order valence-electron chi connectivity index (χ3n) is 3.11. The van der Waals surface area contributed by atoms with Crippen molar-refractivity contribution in [1.82, 2.24) is 10.2 Å². The lowest BCUT2D eigenvalue weighted by atomic mass is 10.1. The number of hydrogen-bond donors (Lipinski definition) is 2. The number of hydrogen-bond acceptors (Lipinski definition) is 3. The van der Waals surface area contributed by atoms with E-state index in [-0.39, 0.29) is 30.8 Å². The van der Waals surface area contributed by atoms with E-state index >= 15 is 0 Å². The Morgan fingerprint density at radius 1 is 1.24 bits per heavy atom. The average Bonchev–Trinajstić information content (AvgIpc) is 2.44. The number of halogens is 1. The maximum absolute atomic E-state index is 12.1. The van der Waals surface area contributed by atoms with Crippen LogP contribution in [0.15, 0.2) is 24.3 Å². The molecule has 118 valence electrons. The summed E-state index contributed by atoms with van der Waals surface area (Å²) in [5.41, 5.74) is 7.52. The number of anilines is 1. The van der Waals surface area contributed by atoms with Crippen molar-refractivity contribution in [2.24, 2.45) is 0 Å². The first kappa shape index (κ1) is 19.2. The van der Waals surface area contributed by atoms with Gasteiger partial charge in [-0.1, -0.05) is 18.2 Å². The van der Waals surface area contributed by atoms with Crippen molar-refractivity contribution in [3.05, 3.63) is 29.8 Å². The van der Waals surface area contributed by atoms with Crippen molar-refractivity contribution in [1.29, 1.82) is 0 Å². The fourth-order valence-corrected chi connectivity index (χ4v) is 1.96. The molecule has 1 rings (SSSR count). The molecule has 1 aromatic carbocycles. The number of nitrogens with two attached hydrogens (primary N) is 1. The monoisotopic (exact) mass is 313 g/mol. The molecular weight excluding hydrogens is 290 g/mol. The van der Waals surface area contributed by atoms with E-state index < -0.39 is 0 Å². The average molecular weight is 314 g/mol. The summed E-state index contributed by atoms with van der Waals surface area (Å²) in [5, 5.41) is 2.70. The molecule has 21 heavy (non-hydrogen) atoms. The second-order valence-electron chi connectivity index (χ2n) is 4.56. The summed E-state index contributed by atoms with van der Waals surface area (Å²) in [6.45, 7) is 4.95. The molecule has 0 fully saturated rings. The molecule has 2 amide bonds. The molecule has 6 heteroatoms. The molecule has 0 saturated carbocycles. The first-order valence-electron chi connectivity index (χ1n) is 6.96. The number of amides is 2. The summed E-state index contributed by atoms with van der Waals surface area (Å²) in [6.07, 6.45) is 0.957. The molecule has 0 unspecified atom stereocenters. The van der Waals surface area contributed by atoms with Gasteiger partial charge in [0.25, 0.3) is 0 Å². The largest absolute Gasteiger partial charge is 0.399 e. The molecule has 0 aliphatic heterocycles. The van der Waals surface area contributed by atoms with Crippen LogP contribution < -0.4 is 11.1 Å². The van der Waals surface area contributed by atoms with E-state index in [0.717, 1.165) is 5.56 Å². The van der Waals surface area contributed by atoms with Crippen molar-refractivity contribution >= 4 is 29.9 Å². The summed E-state index contributed by atoms with van der Waals surface area (Å²) in [4.78, 5) is 25.2. The van der Waals surface area contributed by atoms with Crippen LogP contribution >= 0.6 is 12.4 Å². The third kappa shape index (κ3) is 6.49. The Hall–Kier alpha value is -1.75. The van der Waals surface area contributed by atoms with E-state index in [1.54, 1.807) is 4.90 Å². The van der Waals surface area contributed by atoms with Gasteiger partial charge >= 0.3 is 0 Å². The minimum Gasteiger partial charge on any atom is -0.399 e. The first-order chi connectivity index (χ1) is 9.58. The van der Waals surface area contributed by atoms with Gasteiger partial charge in [-0.15, -0.1) is 12.4 Å². The minimum absolute atomic E-state index is 0. The number of nitrogens with zero attached hydrogens (tertiary/aromatic N) is 1. The number of para-hydroxylation sites is 1. The van der Waals surface area contributed by atoms with E-state index in [1.807, 2.05) is 38.1 Å². The number of benzene rings is 1. The lowest BCUT2D eigenvalue weighted by Gasteiger charge is -2.20. The molecule has 0 atom stereocenters. The van der Waals surface area contributed by atoms with Crippen molar-refractivity contribution < 1.29 is 9.59 Å². The Morgan fingerprint density at radius 3 is 2.48 bits per heavy atom. The fourth-order valence-electron chi connectivity index (χ4n) is 1.96. The Kier molecular flexibility index (Phi) is 9.21. The molecule has 0 radical (unpaired) electrons. The number of aryl methyl sites for hydroxylation is 1. The van der Waals surface area contributed by atoms with Crippen LogP contribution in [-0.4, -0.2) is 36.3 Å². The predicted molar refractivity (Wildman–Crippen MR) is 87.4 cm³/mol. The van der Waals surface area contributed by atoms with Gasteiger partial charge in [0.2, 0.25) is 11.8 Å². The van der Waals surface area contributed by atoms with Crippen LogP contribution in [0, 0.1) is 0 Å². The molecule has 0 saturated heterocycles.